The monoisotopic (exact) mass is 442 g/mol. The quantitative estimate of drug-likeness (QED) is 0.781. The molecule has 2 aliphatic heterocycles. The predicted molar refractivity (Wildman–Crippen MR) is 121 cm³/mol. The van der Waals surface area contributed by atoms with E-state index >= 15 is 0 Å². The van der Waals surface area contributed by atoms with Crippen LogP contribution in [-0.4, -0.2) is 51.6 Å². The van der Waals surface area contributed by atoms with Gasteiger partial charge in [-0.3, -0.25) is 9.80 Å². The van der Waals surface area contributed by atoms with E-state index in [2.05, 4.69) is 26.5 Å². The van der Waals surface area contributed by atoms with E-state index in [1.54, 1.807) is 17.7 Å². The molecule has 5 rings (SSSR count). The van der Waals surface area contributed by atoms with E-state index in [0.717, 1.165) is 54.0 Å². The van der Waals surface area contributed by atoms with Crippen molar-refractivity contribution in [1.29, 1.82) is 0 Å². The highest BCUT2D eigenvalue weighted by molar-refractivity contribution is 7.19. The van der Waals surface area contributed by atoms with E-state index in [4.69, 9.17) is 11.6 Å². The maximum Gasteiger partial charge on any atom is 0.225 e. The van der Waals surface area contributed by atoms with Crippen molar-refractivity contribution in [3.8, 4) is 0 Å². The van der Waals surface area contributed by atoms with Crippen LogP contribution >= 0.6 is 22.9 Å². The number of anilines is 1. The third-order valence-corrected chi connectivity index (χ3v) is 7.53. The highest BCUT2D eigenvalue weighted by Crippen LogP contribution is 2.41. The van der Waals surface area contributed by atoms with Crippen LogP contribution < -0.4 is 5.32 Å². The molecule has 2 aromatic heterocycles. The van der Waals surface area contributed by atoms with Gasteiger partial charge in [0.25, 0.3) is 0 Å². The maximum absolute atomic E-state index is 12.7. The first-order valence-electron chi connectivity index (χ1n) is 10.2. The molecule has 156 valence electrons. The Kier molecular flexibility index (Phi) is 4.99. The molecule has 0 saturated heterocycles. The van der Waals surface area contributed by atoms with Crippen LogP contribution in [0.15, 0.2) is 34.4 Å². The third kappa shape index (κ3) is 3.28. The first-order chi connectivity index (χ1) is 14.5. The number of fused-ring (bicyclic) bond motifs is 4. The summed E-state index contributed by atoms with van der Waals surface area (Å²) in [5.74, 6) is 1.06. The van der Waals surface area contributed by atoms with Gasteiger partial charge in [-0.1, -0.05) is 11.6 Å². The highest BCUT2D eigenvalue weighted by atomic mass is 35.5. The lowest BCUT2D eigenvalue weighted by atomic mass is 9.87. The van der Waals surface area contributed by atoms with Crippen molar-refractivity contribution in [1.82, 2.24) is 19.9 Å². The molecule has 1 N–H and O–H groups in total. The number of halogens is 1. The number of allylic oxidation sites excluding steroid dienone is 1. The Morgan fingerprint density at radius 3 is 3.13 bits per heavy atom. The van der Waals surface area contributed by atoms with Gasteiger partial charge in [0, 0.05) is 43.2 Å². The number of nitrogens with one attached hydrogen (secondary N) is 1. The van der Waals surface area contributed by atoms with E-state index in [-0.39, 0.29) is 17.9 Å². The van der Waals surface area contributed by atoms with Gasteiger partial charge in [-0.2, -0.15) is 5.10 Å². The third-order valence-electron chi connectivity index (χ3n) is 6.06. The van der Waals surface area contributed by atoms with E-state index < -0.39 is 0 Å². The van der Waals surface area contributed by atoms with Crippen LogP contribution in [0.5, 0.6) is 0 Å². The number of rotatable bonds is 4. The summed E-state index contributed by atoms with van der Waals surface area (Å²) in [6, 6.07) is 0.186. The van der Waals surface area contributed by atoms with Crippen molar-refractivity contribution >= 4 is 51.1 Å². The van der Waals surface area contributed by atoms with Gasteiger partial charge in [0.05, 0.1) is 22.2 Å². The summed E-state index contributed by atoms with van der Waals surface area (Å²) in [6.07, 6.45) is 10.8. The lowest BCUT2D eigenvalue weighted by molar-refractivity contribution is -0.134. The molecule has 0 aromatic carbocycles. The fourth-order valence-corrected chi connectivity index (χ4v) is 5.76. The summed E-state index contributed by atoms with van der Waals surface area (Å²) in [4.78, 5) is 25.7. The fraction of sp³-hybridized carbons (Fsp3) is 0.429. The lowest BCUT2D eigenvalue weighted by Gasteiger charge is -2.26. The second-order valence-corrected chi connectivity index (χ2v) is 9.35. The summed E-state index contributed by atoms with van der Waals surface area (Å²) in [5.41, 5.74) is 2.11. The topological polar surface area (TPSA) is 73.7 Å². The zero-order chi connectivity index (χ0) is 20.8. The second-order valence-electron chi connectivity index (χ2n) is 7.86. The molecule has 1 unspecified atom stereocenters. The minimum atomic E-state index is 0.0478. The van der Waals surface area contributed by atoms with Gasteiger partial charge in [-0.15, -0.1) is 11.3 Å². The largest absolute Gasteiger partial charge is 0.346 e. The Balaban J connectivity index is 1.45. The fourth-order valence-electron chi connectivity index (χ4n) is 4.29. The summed E-state index contributed by atoms with van der Waals surface area (Å²) in [6.45, 7) is 2.75. The van der Waals surface area contributed by atoms with Gasteiger partial charge in [0.1, 0.15) is 17.0 Å². The molecule has 3 aliphatic rings. The zero-order valence-electron chi connectivity index (χ0n) is 16.9. The minimum Gasteiger partial charge on any atom is -0.346 e. The number of hydrazone groups is 1. The lowest BCUT2D eigenvalue weighted by Crippen LogP contribution is -2.35. The molecule has 0 radical (unpaired) electrons. The van der Waals surface area contributed by atoms with Crippen molar-refractivity contribution in [3.05, 3.63) is 39.8 Å². The first kappa shape index (κ1) is 19.5. The number of carbonyl (C=O) groups excluding carboxylic acids is 1. The van der Waals surface area contributed by atoms with E-state index in [1.165, 1.54) is 10.4 Å². The van der Waals surface area contributed by atoms with Crippen LogP contribution in [0.2, 0.25) is 0 Å². The number of amides is 1. The van der Waals surface area contributed by atoms with Crippen LogP contribution in [0.1, 0.15) is 30.2 Å². The molecule has 2 atom stereocenters. The molecular formula is C21H23ClN6OS. The summed E-state index contributed by atoms with van der Waals surface area (Å²) >= 11 is 8.17. The predicted octanol–water partition coefficient (Wildman–Crippen LogP) is 3.72. The van der Waals surface area contributed by atoms with Crippen molar-refractivity contribution in [2.45, 2.75) is 38.6 Å². The Morgan fingerprint density at radius 1 is 1.43 bits per heavy atom. The van der Waals surface area contributed by atoms with Crippen molar-refractivity contribution < 1.29 is 4.79 Å². The van der Waals surface area contributed by atoms with Crippen molar-refractivity contribution in [2.24, 2.45) is 11.0 Å². The highest BCUT2D eigenvalue weighted by Gasteiger charge is 2.31. The number of nitrogens with zero attached hydrogens (tertiary/aromatic N) is 5. The average Bonchev–Trinajstić information content (AvgIpc) is 3.36. The molecule has 4 heterocycles. The van der Waals surface area contributed by atoms with Crippen LogP contribution in [0.3, 0.4) is 0 Å². The molecule has 0 bridgehead atoms. The molecule has 0 spiro atoms. The summed E-state index contributed by atoms with van der Waals surface area (Å²) in [7, 11) is 1.88. The number of aryl methyl sites for hydroxylation is 1. The number of hydrogen-bond donors (Lipinski definition) is 1. The van der Waals surface area contributed by atoms with Crippen molar-refractivity contribution in [3.63, 3.8) is 0 Å². The molecule has 0 saturated carbocycles. The van der Waals surface area contributed by atoms with Gasteiger partial charge in [0.15, 0.2) is 0 Å². The van der Waals surface area contributed by atoms with Gasteiger partial charge >= 0.3 is 0 Å². The van der Waals surface area contributed by atoms with Gasteiger partial charge in [0.2, 0.25) is 5.91 Å². The maximum atomic E-state index is 12.7. The first-order valence-corrected chi connectivity index (χ1v) is 11.4. The average molecular weight is 443 g/mol. The van der Waals surface area contributed by atoms with Crippen LogP contribution in [-0.2, 0) is 17.6 Å². The standard InChI is InChI=1S/C21H23ClN6OS/c1-3-27(2)21(29)12-4-5-14-17(8-12)30-20-18(14)19(23-11-24-20)26-16-9-13-6-7-25-28(13)10-15(16)22/h7,9-13H,3-6,8H2,1-2H3,(H,23,24,26)/t12-,13?/m0/s1. The Hall–Kier alpha value is -2.45. The van der Waals surface area contributed by atoms with E-state index in [1.807, 2.05) is 36.3 Å². The number of carbonyl (C=O) groups is 1. The van der Waals surface area contributed by atoms with E-state index in [9.17, 15) is 4.79 Å². The molecule has 0 fully saturated rings. The zero-order valence-corrected chi connectivity index (χ0v) is 18.5. The smallest absolute Gasteiger partial charge is 0.225 e. The number of hydrogen-bond acceptors (Lipinski definition) is 7. The van der Waals surface area contributed by atoms with Gasteiger partial charge in [-0.05, 0) is 37.8 Å². The Bertz CT molecular complexity index is 1110. The molecule has 9 heteroatoms. The SMILES string of the molecule is CCN(C)C(=O)[C@H]1CCc2c(sc3ncnc(NC4=CC5CC=NN5C=C4Cl)c23)C1. The van der Waals surface area contributed by atoms with Crippen molar-refractivity contribution in [2.75, 3.05) is 18.9 Å². The number of aromatic nitrogens is 2. The van der Waals surface area contributed by atoms with Crippen LogP contribution in [0, 0.1) is 5.92 Å². The Morgan fingerprint density at radius 2 is 2.30 bits per heavy atom. The molecule has 30 heavy (non-hydrogen) atoms. The normalized spacial score (nSPS) is 22.4. The molecule has 7 nitrogen and oxygen atoms in total. The second kappa shape index (κ2) is 7.67. The number of thiophene rings is 1. The van der Waals surface area contributed by atoms with E-state index in [0.29, 0.717) is 5.03 Å². The van der Waals surface area contributed by atoms with Crippen LogP contribution in [0.4, 0.5) is 5.82 Å². The molecule has 2 aromatic rings. The van der Waals surface area contributed by atoms with Gasteiger partial charge < -0.3 is 10.2 Å². The summed E-state index contributed by atoms with van der Waals surface area (Å²) < 4.78 is 0. The Labute approximate surface area is 184 Å². The molecular weight excluding hydrogens is 420 g/mol. The molecule has 1 amide bonds. The summed E-state index contributed by atoms with van der Waals surface area (Å²) in [5, 5.41) is 11.3. The molecule has 1 aliphatic carbocycles. The van der Waals surface area contributed by atoms with Crippen LogP contribution in [0.25, 0.3) is 10.2 Å². The minimum absolute atomic E-state index is 0.0478. The van der Waals surface area contributed by atoms with Gasteiger partial charge in [-0.25, -0.2) is 9.97 Å².